The Bertz CT molecular complexity index is 687. The van der Waals surface area contributed by atoms with Crippen molar-refractivity contribution in [1.82, 2.24) is 10.3 Å². The number of amides is 1. The van der Waals surface area contributed by atoms with Crippen LogP contribution >= 0.6 is 0 Å². The van der Waals surface area contributed by atoms with Gasteiger partial charge in [-0.1, -0.05) is 23.3 Å². The number of hydrogen-bond acceptors (Lipinski definition) is 4. The predicted molar refractivity (Wildman–Crippen MR) is 94.4 cm³/mol. The van der Waals surface area contributed by atoms with E-state index >= 15 is 0 Å². The van der Waals surface area contributed by atoms with Crippen LogP contribution in [0.2, 0.25) is 0 Å². The number of nitrogens with zero attached hydrogens (tertiary/aromatic N) is 2. The summed E-state index contributed by atoms with van der Waals surface area (Å²) in [5, 5.41) is 2.96. The average molecular weight is 325 g/mol. The Morgan fingerprint density at radius 3 is 2.50 bits per heavy atom. The first-order chi connectivity index (χ1) is 11.6. The van der Waals surface area contributed by atoms with Gasteiger partial charge in [-0.05, 0) is 37.6 Å². The summed E-state index contributed by atoms with van der Waals surface area (Å²) >= 11 is 0. The van der Waals surface area contributed by atoms with E-state index in [4.69, 9.17) is 4.74 Å². The lowest BCUT2D eigenvalue weighted by Gasteiger charge is -2.27. The quantitative estimate of drug-likeness (QED) is 0.938. The lowest BCUT2D eigenvalue weighted by atomic mass is 10.1. The van der Waals surface area contributed by atoms with Crippen LogP contribution in [0.5, 0.6) is 0 Å². The van der Waals surface area contributed by atoms with E-state index in [9.17, 15) is 4.79 Å². The Hall–Kier alpha value is -2.40. The highest BCUT2D eigenvalue weighted by atomic mass is 16.5. The summed E-state index contributed by atoms with van der Waals surface area (Å²) in [6.45, 7) is 7.70. The Morgan fingerprint density at radius 1 is 1.17 bits per heavy atom. The van der Waals surface area contributed by atoms with Crippen molar-refractivity contribution in [1.29, 1.82) is 0 Å². The second-order valence-electron chi connectivity index (χ2n) is 6.18. The van der Waals surface area contributed by atoms with Crippen LogP contribution < -0.4 is 10.2 Å². The van der Waals surface area contributed by atoms with Gasteiger partial charge in [0.1, 0.15) is 5.82 Å². The Morgan fingerprint density at radius 2 is 1.88 bits per heavy atom. The van der Waals surface area contributed by atoms with E-state index in [1.165, 1.54) is 0 Å². The number of aromatic nitrogens is 1. The van der Waals surface area contributed by atoms with E-state index in [1.54, 1.807) is 0 Å². The van der Waals surface area contributed by atoms with Crippen molar-refractivity contribution >= 4 is 11.7 Å². The zero-order valence-corrected chi connectivity index (χ0v) is 14.2. The van der Waals surface area contributed by atoms with Gasteiger partial charge in [0, 0.05) is 31.4 Å². The molecule has 2 heterocycles. The van der Waals surface area contributed by atoms with Crippen LogP contribution in [0.15, 0.2) is 36.5 Å². The predicted octanol–water partition coefficient (Wildman–Crippen LogP) is 2.47. The van der Waals surface area contributed by atoms with E-state index in [1.807, 2.05) is 44.3 Å². The molecule has 1 N–H and O–H groups in total. The van der Waals surface area contributed by atoms with Crippen LogP contribution in [0.3, 0.4) is 0 Å². The monoisotopic (exact) mass is 325 g/mol. The van der Waals surface area contributed by atoms with Gasteiger partial charge < -0.3 is 15.0 Å². The van der Waals surface area contributed by atoms with Gasteiger partial charge in [-0.2, -0.15) is 0 Å². The maximum atomic E-state index is 12.3. The molecule has 0 radical (unpaired) electrons. The van der Waals surface area contributed by atoms with Crippen molar-refractivity contribution in [3.63, 3.8) is 0 Å². The summed E-state index contributed by atoms with van der Waals surface area (Å²) in [5.74, 6) is 0.904. The maximum absolute atomic E-state index is 12.3. The van der Waals surface area contributed by atoms with Crippen LogP contribution in [0.4, 0.5) is 5.82 Å². The molecule has 0 atom stereocenters. The van der Waals surface area contributed by atoms with E-state index < -0.39 is 0 Å². The van der Waals surface area contributed by atoms with Crippen LogP contribution in [-0.2, 0) is 11.3 Å². The first-order valence-corrected chi connectivity index (χ1v) is 8.26. The molecule has 2 aromatic rings. The van der Waals surface area contributed by atoms with Crippen LogP contribution in [0.25, 0.3) is 0 Å². The summed E-state index contributed by atoms with van der Waals surface area (Å²) in [5.41, 5.74) is 3.88. The first-order valence-electron chi connectivity index (χ1n) is 8.26. The highest BCUT2D eigenvalue weighted by molar-refractivity contribution is 5.94. The molecule has 0 spiro atoms. The molecule has 5 nitrogen and oxygen atoms in total. The fraction of sp³-hybridized carbons (Fsp3) is 0.368. The second-order valence-corrected chi connectivity index (χ2v) is 6.18. The second kappa shape index (κ2) is 7.45. The number of nitrogens with one attached hydrogen (secondary N) is 1. The molecule has 126 valence electrons. The number of anilines is 1. The van der Waals surface area contributed by atoms with Crippen molar-refractivity contribution < 1.29 is 9.53 Å². The van der Waals surface area contributed by atoms with Crippen molar-refractivity contribution in [3.8, 4) is 0 Å². The largest absolute Gasteiger partial charge is 0.378 e. The van der Waals surface area contributed by atoms with E-state index in [2.05, 4.69) is 21.3 Å². The fourth-order valence-electron chi connectivity index (χ4n) is 2.89. The third kappa shape index (κ3) is 4.11. The number of rotatable bonds is 4. The highest BCUT2D eigenvalue weighted by Gasteiger charge is 2.12. The van der Waals surface area contributed by atoms with Crippen LogP contribution in [0, 0.1) is 13.8 Å². The molecule has 0 unspecified atom stereocenters. The number of hydrogen-bond donors (Lipinski definition) is 1. The first kappa shape index (κ1) is 16.5. The molecule has 1 aliphatic rings. The summed E-state index contributed by atoms with van der Waals surface area (Å²) in [6.07, 6.45) is 1.83. The normalized spacial score (nSPS) is 14.5. The highest BCUT2D eigenvalue weighted by Crippen LogP contribution is 2.13. The zero-order chi connectivity index (χ0) is 16.9. The smallest absolute Gasteiger partial charge is 0.251 e. The molecular weight excluding hydrogens is 302 g/mol. The van der Waals surface area contributed by atoms with Gasteiger partial charge >= 0.3 is 0 Å². The number of pyridine rings is 1. The van der Waals surface area contributed by atoms with E-state index in [-0.39, 0.29) is 5.91 Å². The SMILES string of the molecule is Cc1cc(C)cc(C(=O)NCc2ccc(N3CCOCC3)nc2)c1. The lowest BCUT2D eigenvalue weighted by Crippen LogP contribution is -2.36. The third-order valence-corrected chi connectivity index (χ3v) is 4.08. The van der Waals surface area contributed by atoms with Gasteiger partial charge in [-0.15, -0.1) is 0 Å². The summed E-state index contributed by atoms with van der Waals surface area (Å²) in [6, 6.07) is 9.89. The van der Waals surface area contributed by atoms with Crippen molar-refractivity contribution in [2.75, 3.05) is 31.2 Å². The minimum Gasteiger partial charge on any atom is -0.378 e. The average Bonchev–Trinajstić information content (AvgIpc) is 2.60. The third-order valence-electron chi connectivity index (χ3n) is 4.08. The number of carbonyl (C=O) groups is 1. The molecule has 0 saturated carbocycles. The number of benzene rings is 1. The van der Waals surface area contributed by atoms with E-state index in [0.717, 1.165) is 48.8 Å². The molecule has 1 amide bonds. The molecule has 1 aromatic carbocycles. The fourth-order valence-corrected chi connectivity index (χ4v) is 2.89. The molecule has 0 bridgehead atoms. The summed E-state index contributed by atoms with van der Waals surface area (Å²) in [4.78, 5) is 19.0. The van der Waals surface area contributed by atoms with Crippen LogP contribution in [0.1, 0.15) is 27.0 Å². The van der Waals surface area contributed by atoms with E-state index in [0.29, 0.717) is 12.1 Å². The molecular formula is C19H23N3O2. The Balaban J connectivity index is 1.59. The standard InChI is InChI=1S/C19H23N3O2/c1-14-9-15(2)11-17(10-14)19(23)21-13-16-3-4-18(20-12-16)22-5-7-24-8-6-22/h3-4,9-12H,5-8,13H2,1-2H3,(H,21,23). The van der Waals surface area contributed by atoms with Crippen molar-refractivity contribution in [2.24, 2.45) is 0 Å². The number of carbonyl (C=O) groups excluding carboxylic acids is 1. The lowest BCUT2D eigenvalue weighted by molar-refractivity contribution is 0.0950. The number of morpholine rings is 1. The van der Waals surface area contributed by atoms with Gasteiger partial charge in [0.25, 0.3) is 5.91 Å². The molecule has 1 aliphatic heterocycles. The van der Waals surface area contributed by atoms with Crippen molar-refractivity contribution in [3.05, 3.63) is 58.8 Å². The van der Waals surface area contributed by atoms with Crippen molar-refractivity contribution in [2.45, 2.75) is 20.4 Å². The molecule has 1 saturated heterocycles. The van der Waals surface area contributed by atoms with Gasteiger partial charge in [0.15, 0.2) is 0 Å². The molecule has 3 rings (SSSR count). The Kier molecular flexibility index (Phi) is 5.11. The van der Waals surface area contributed by atoms with Gasteiger partial charge in [-0.25, -0.2) is 4.98 Å². The number of ether oxygens (including phenoxy) is 1. The van der Waals surface area contributed by atoms with Crippen LogP contribution in [-0.4, -0.2) is 37.2 Å². The molecule has 0 aliphatic carbocycles. The molecule has 24 heavy (non-hydrogen) atoms. The minimum absolute atomic E-state index is 0.0564. The minimum atomic E-state index is -0.0564. The topological polar surface area (TPSA) is 54.5 Å². The van der Waals surface area contributed by atoms with Gasteiger partial charge in [0.2, 0.25) is 0 Å². The summed E-state index contributed by atoms with van der Waals surface area (Å²) in [7, 11) is 0. The number of aryl methyl sites for hydroxylation is 2. The maximum Gasteiger partial charge on any atom is 0.251 e. The van der Waals surface area contributed by atoms with Gasteiger partial charge in [-0.3, -0.25) is 4.79 Å². The molecule has 1 aromatic heterocycles. The molecule has 1 fully saturated rings. The van der Waals surface area contributed by atoms with Gasteiger partial charge in [0.05, 0.1) is 13.2 Å². The molecule has 5 heteroatoms. The zero-order valence-electron chi connectivity index (χ0n) is 14.2. The summed E-state index contributed by atoms with van der Waals surface area (Å²) < 4.78 is 5.35. The Labute approximate surface area is 142 Å².